The number of carbonyl (C=O) groups is 4. The van der Waals surface area contributed by atoms with E-state index in [1.165, 1.54) is 173 Å². The van der Waals surface area contributed by atoms with Gasteiger partial charge in [0.1, 0.15) is 19.3 Å². The molecule has 0 saturated heterocycles. The highest BCUT2D eigenvalue weighted by atomic mass is 31.2. The molecule has 5 atom stereocenters. The number of phosphoric ester groups is 2. The minimum atomic E-state index is -4.94. The largest absolute Gasteiger partial charge is 0.472 e. The third kappa shape index (κ3) is 60.9. The Labute approximate surface area is 524 Å². The fraction of sp³-hybridized carbons (Fsp3) is 0.940. The van der Waals surface area contributed by atoms with Crippen molar-refractivity contribution < 1.29 is 80.2 Å². The molecule has 0 fully saturated rings. The number of esters is 4. The van der Waals surface area contributed by atoms with Gasteiger partial charge < -0.3 is 33.8 Å². The van der Waals surface area contributed by atoms with E-state index in [-0.39, 0.29) is 25.7 Å². The van der Waals surface area contributed by atoms with Crippen LogP contribution in [-0.4, -0.2) is 96.7 Å². The van der Waals surface area contributed by atoms with Crippen LogP contribution in [0.4, 0.5) is 0 Å². The molecule has 0 saturated carbocycles. The molecule has 0 aliphatic rings. The molecule has 0 heterocycles. The van der Waals surface area contributed by atoms with Crippen LogP contribution in [0, 0.1) is 0 Å². The molecule has 0 rings (SSSR count). The Morgan fingerprint density at radius 2 is 0.465 bits per heavy atom. The third-order valence-corrected chi connectivity index (χ3v) is 17.5. The molecular formula is C67H130O17P2. The van der Waals surface area contributed by atoms with E-state index in [4.69, 9.17) is 37.0 Å². The Bertz CT molecular complexity index is 1650. The SMILES string of the molecule is CCCCCCCCCCCCCCCCCCCCCC(=O)O[C@H](COC(=O)CCCCCCCCCCCCCCCCCCC)COP(=O)(O)OC[C@@H](O)COP(=O)(O)OC[C@@H](COC(=O)CCCCCCC)OC(=O)CCCCCCC. The Morgan fingerprint density at radius 1 is 0.279 bits per heavy atom. The van der Waals surface area contributed by atoms with Gasteiger partial charge in [-0.2, -0.15) is 0 Å². The lowest BCUT2D eigenvalue weighted by Crippen LogP contribution is -2.30. The first kappa shape index (κ1) is 84.1. The highest BCUT2D eigenvalue weighted by molar-refractivity contribution is 7.47. The van der Waals surface area contributed by atoms with Crippen LogP contribution in [0.3, 0.4) is 0 Å². The Morgan fingerprint density at radius 3 is 0.686 bits per heavy atom. The van der Waals surface area contributed by atoms with Crippen LogP contribution in [0.2, 0.25) is 0 Å². The van der Waals surface area contributed by atoms with Crippen LogP contribution in [0.1, 0.15) is 349 Å². The van der Waals surface area contributed by atoms with Crippen molar-refractivity contribution in [3.63, 3.8) is 0 Å². The summed E-state index contributed by atoms with van der Waals surface area (Å²) in [6, 6.07) is 0. The molecule has 19 heteroatoms. The molecule has 0 spiro atoms. The van der Waals surface area contributed by atoms with Gasteiger partial charge in [-0.05, 0) is 25.7 Å². The van der Waals surface area contributed by atoms with Crippen molar-refractivity contribution in [3.05, 3.63) is 0 Å². The molecule has 0 aromatic carbocycles. The van der Waals surface area contributed by atoms with E-state index in [2.05, 4.69) is 27.7 Å². The van der Waals surface area contributed by atoms with Crippen molar-refractivity contribution in [1.29, 1.82) is 0 Å². The first-order chi connectivity index (χ1) is 41.7. The molecule has 0 aromatic heterocycles. The second-order valence-corrected chi connectivity index (χ2v) is 27.1. The zero-order valence-electron chi connectivity index (χ0n) is 55.3. The van der Waals surface area contributed by atoms with Gasteiger partial charge in [0.05, 0.1) is 26.4 Å². The zero-order valence-corrected chi connectivity index (χ0v) is 57.1. The summed E-state index contributed by atoms with van der Waals surface area (Å²) in [5.41, 5.74) is 0. The van der Waals surface area contributed by atoms with Crippen LogP contribution < -0.4 is 0 Å². The Kier molecular flexibility index (Phi) is 60.5. The standard InChI is InChI=1S/C67H130O17P2/c1-5-9-13-17-19-21-23-25-27-29-30-32-34-36-38-40-42-46-50-54-67(72)84-63(58-78-65(70)52-48-45-41-39-37-35-33-31-28-26-24-22-20-18-14-10-6-2)60-82-86(75,76)80-56-61(68)55-79-85(73,74)81-59-62(83-66(71)53-49-44-16-12-8-4)57-77-64(69)51-47-43-15-11-7-3/h61-63,68H,5-60H2,1-4H3,(H,73,74)(H,75,76)/t61-,62+,63+/m0/s1. The first-order valence-corrected chi connectivity index (χ1v) is 38.3. The van der Waals surface area contributed by atoms with Gasteiger partial charge in [-0.15, -0.1) is 0 Å². The number of rotatable bonds is 68. The van der Waals surface area contributed by atoms with Crippen molar-refractivity contribution in [1.82, 2.24) is 0 Å². The summed E-state index contributed by atoms with van der Waals surface area (Å²) >= 11 is 0. The Hall–Kier alpha value is -1.94. The number of hydrogen-bond acceptors (Lipinski definition) is 15. The van der Waals surface area contributed by atoms with Crippen molar-refractivity contribution in [2.24, 2.45) is 0 Å². The molecule has 2 unspecified atom stereocenters. The summed E-state index contributed by atoms with van der Waals surface area (Å²) in [5, 5.41) is 10.5. The maximum absolute atomic E-state index is 13.0. The van der Waals surface area contributed by atoms with Gasteiger partial charge in [0, 0.05) is 25.7 Å². The summed E-state index contributed by atoms with van der Waals surface area (Å²) in [6.07, 6.45) is 49.6. The van der Waals surface area contributed by atoms with Crippen LogP contribution in [0.15, 0.2) is 0 Å². The minimum Gasteiger partial charge on any atom is -0.462 e. The summed E-state index contributed by atoms with van der Waals surface area (Å²) < 4.78 is 67.7. The number of phosphoric acid groups is 2. The lowest BCUT2D eigenvalue weighted by molar-refractivity contribution is -0.161. The number of ether oxygens (including phenoxy) is 4. The summed E-state index contributed by atoms with van der Waals surface area (Å²) in [5.74, 6) is -2.15. The van der Waals surface area contributed by atoms with Gasteiger partial charge in [0.15, 0.2) is 12.2 Å². The maximum atomic E-state index is 13.0. The predicted octanol–water partition coefficient (Wildman–Crippen LogP) is 19.1. The normalized spacial score (nSPS) is 14.1. The molecule has 86 heavy (non-hydrogen) atoms. The van der Waals surface area contributed by atoms with E-state index in [1.807, 2.05) is 0 Å². The summed E-state index contributed by atoms with van der Waals surface area (Å²) in [7, 11) is -9.87. The van der Waals surface area contributed by atoms with Crippen molar-refractivity contribution >= 4 is 39.5 Å². The number of aliphatic hydroxyl groups excluding tert-OH is 1. The van der Waals surface area contributed by atoms with Crippen LogP contribution >= 0.6 is 15.6 Å². The van der Waals surface area contributed by atoms with E-state index < -0.39 is 97.5 Å². The predicted molar refractivity (Wildman–Crippen MR) is 345 cm³/mol. The molecule has 0 aliphatic heterocycles. The maximum Gasteiger partial charge on any atom is 0.472 e. The van der Waals surface area contributed by atoms with E-state index in [0.29, 0.717) is 25.7 Å². The van der Waals surface area contributed by atoms with Crippen LogP contribution in [-0.2, 0) is 65.4 Å². The molecule has 510 valence electrons. The molecule has 0 bridgehead atoms. The van der Waals surface area contributed by atoms with Crippen molar-refractivity contribution in [3.8, 4) is 0 Å². The molecule has 3 N–H and O–H groups in total. The lowest BCUT2D eigenvalue weighted by Gasteiger charge is -2.21. The molecule has 0 aromatic rings. The summed E-state index contributed by atoms with van der Waals surface area (Å²) in [4.78, 5) is 71.8. The smallest absolute Gasteiger partial charge is 0.462 e. The second kappa shape index (κ2) is 61.9. The molecule has 17 nitrogen and oxygen atoms in total. The van der Waals surface area contributed by atoms with Crippen molar-refractivity contribution in [2.75, 3.05) is 39.6 Å². The average Bonchev–Trinajstić information content (AvgIpc) is 3.69. The minimum absolute atomic E-state index is 0.0993. The van der Waals surface area contributed by atoms with Crippen molar-refractivity contribution in [2.45, 2.75) is 367 Å². The highest BCUT2D eigenvalue weighted by Gasteiger charge is 2.30. The topological polar surface area (TPSA) is 237 Å². The van der Waals surface area contributed by atoms with E-state index in [1.54, 1.807) is 0 Å². The number of unbranched alkanes of at least 4 members (excludes halogenated alkanes) is 42. The molecule has 0 amide bonds. The lowest BCUT2D eigenvalue weighted by atomic mass is 10.0. The number of hydrogen-bond donors (Lipinski definition) is 3. The van der Waals surface area contributed by atoms with Gasteiger partial charge in [-0.3, -0.25) is 37.3 Å². The molecule has 0 aliphatic carbocycles. The Balaban J connectivity index is 5.06. The highest BCUT2D eigenvalue weighted by Crippen LogP contribution is 2.45. The fourth-order valence-corrected chi connectivity index (χ4v) is 11.7. The van der Waals surface area contributed by atoms with Crippen LogP contribution in [0.5, 0.6) is 0 Å². The number of carbonyl (C=O) groups excluding carboxylic acids is 4. The van der Waals surface area contributed by atoms with Gasteiger partial charge in [0.25, 0.3) is 0 Å². The second-order valence-electron chi connectivity index (χ2n) is 24.2. The first-order valence-electron chi connectivity index (χ1n) is 35.3. The summed E-state index contributed by atoms with van der Waals surface area (Å²) in [6.45, 7) is 4.73. The molecular weight excluding hydrogens is 1140 g/mol. The fourth-order valence-electron chi connectivity index (χ4n) is 10.2. The zero-order chi connectivity index (χ0) is 63.3. The monoisotopic (exact) mass is 1270 g/mol. The van der Waals surface area contributed by atoms with E-state index >= 15 is 0 Å². The van der Waals surface area contributed by atoms with Gasteiger partial charge in [0.2, 0.25) is 0 Å². The van der Waals surface area contributed by atoms with E-state index in [0.717, 1.165) is 96.3 Å². The van der Waals surface area contributed by atoms with Gasteiger partial charge in [-0.25, -0.2) is 9.13 Å². The molecule has 0 radical (unpaired) electrons. The van der Waals surface area contributed by atoms with Crippen LogP contribution in [0.25, 0.3) is 0 Å². The third-order valence-electron chi connectivity index (χ3n) is 15.6. The van der Waals surface area contributed by atoms with Gasteiger partial charge in [-0.1, -0.05) is 297 Å². The quantitative estimate of drug-likeness (QED) is 0.0222. The van der Waals surface area contributed by atoms with E-state index in [9.17, 15) is 43.2 Å². The number of aliphatic hydroxyl groups is 1. The average molecular weight is 1270 g/mol. The van der Waals surface area contributed by atoms with Gasteiger partial charge >= 0.3 is 39.5 Å².